The van der Waals surface area contributed by atoms with Crippen molar-refractivity contribution >= 4 is 23.5 Å². The van der Waals surface area contributed by atoms with Crippen molar-refractivity contribution in [2.75, 3.05) is 27.2 Å². The fourth-order valence-corrected chi connectivity index (χ4v) is 4.43. The van der Waals surface area contributed by atoms with Crippen molar-refractivity contribution in [2.45, 2.75) is 58.4 Å². The minimum Gasteiger partial charge on any atom is -0.364 e. The molecule has 6 heteroatoms. The van der Waals surface area contributed by atoms with Crippen molar-refractivity contribution in [3.63, 3.8) is 0 Å². The number of hydrogen-bond acceptors (Lipinski definition) is 4. The lowest BCUT2D eigenvalue weighted by atomic mass is 10.0. The van der Waals surface area contributed by atoms with Gasteiger partial charge in [-0.05, 0) is 56.9 Å². The Hall–Kier alpha value is -3.61. The van der Waals surface area contributed by atoms with Crippen molar-refractivity contribution in [1.29, 1.82) is 0 Å². The molecule has 1 atom stereocenters. The highest BCUT2D eigenvalue weighted by Crippen LogP contribution is 2.17. The normalized spacial score (nSPS) is 12.6. The standard InChI is InChI=1S/C34H45N3O3.H2/c1-7-10-11-12-13-14-21-31(37(26-39-6)34(38)30-20-17-18-27(4)23-30)24-40-25-35-28(5)36-33(9-3)32-22-16-15-19-29(32)8-2;/h7-9,15-20,22-23,31H,1-3,10-14,21,24-26H2,4-6H3;1H/b35-28-,36-33?;/t31-;/m1./s1. The summed E-state index contributed by atoms with van der Waals surface area (Å²) in [5, 5.41) is 0. The fourth-order valence-electron chi connectivity index (χ4n) is 4.43. The van der Waals surface area contributed by atoms with Gasteiger partial charge in [-0.25, -0.2) is 9.98 Å². The number of aliphatic imine (C=N–C) groups is 2. The summed E-state index contributed by atoms with van der Waals surface area (Å²) in [7, 11) is 1.61. The van der Waals surface area contributed by atoms with Crippen LogP contribution in [-0.2, 0) is 9.47 Å². The highest BCUT2D eigenvalue weighted by Gasteiger charge is 2.25. The second-order valence-corrected chi connectivity index (χ2v) is 9.69. The number of carbonyl (C=O) groups excluding carboxylic acids is 1. The summed E-state index contributed by atoms with van der Waals surface area (Å²) < 4.78 is 11.5. The van der Waals surface area contributed by atoms with Crippen molar-refractivity contribution in [3.8, 4) is 0 Å². The monoisotopic (exact) mass is 545 g/mol. The average Bonchev–Trinajstić information content (AvgIpc) is 2.97. The lowest BCUT2D eigenvalue weighted by Crippen LogP contribution is -2.44. The van der Waals surface area contributed by atoms with E-state index in [1.54, 1.807) is 24.2 Å². The zero-order valence-electron chi connectivity index (χ0n) is 24.5. The number of allylic oxidation sites excluding steroid dienone is 2. The number of aryl methyl sites for hydroxylation is 1. The summed E-state index contributed by atoms with van der Waals surface area (Å²) in [5.74, 6) is 0.517. The molecule has 40 heavy (non-hydrogen) atoms. The van der Waals surface area contributed by atoms with E-state index in [0.717, 1.165) is 60.9 Å². The van der Waals surface area contributed by atoms with Crippen molar-refractivity contribution in [2.24, 2.45) is 9.98 Å². The highest BCUT2D eigenvalue weighted by atomic mass is 16.5. The Morgan fingerprint density at radius 3 is 2.55 bits per heavy atom. The molecule has 0 N–H and O–H groups in total. The summed E-state index contributed by atoms with van der Waals surface area (Å²) >= 11 is 0. The van der Waals surface area contributed by atoms with E-state index in [2.05, 4.69) is 29.7 Å². The van der Waals surface area contributed by atoms with Crippen LogP contribution in [0.3, 0.4) is 0 Å². The van der Waals surface area contributed by atoms with E-state index in [9.17, 15) is 4.79 Å². The van der Waals surface area contributed by atoms with Gasteiger partial charge in [-0.3, -0.25) is 4.79 Å². The molecule has 0 saturated heterocycles. The first-order valence-corrected chi connectivity index (χ1v) is 13.9. The molecule has 2 aromatic rings. The first kappa shape index (κ1) is 32.6. The second-order valence-electron chi connectivity index (χ2n) is 9.69. The van der Waals surface area contributed by atoms with Gasteiger partial charge in [-0.15, -0.1) is 6.58 Å². The molecule has 0 aliphatic heterocycles. The predicted molar refractivity (Wildman–Crippen MR) is 170 cm³/mol. The third kappa shape index (κ3) is 10.9. The molecular weight excluding hydrogens is 498 g/mol. The van der Waals surface area contributed by atoms with Gasteiger partial charge in [0.1, 0.15) is 19.3 Å². The molecule has 0 fully saturated rings. The molecule has 2 aromatic carbocycles. The van der Waals surface area contributed by atoms with Gasteiger partial charge in [0.05, 0.1) is 18.4 Å². The lowest BCUT2D eigenvalue weighted by Gasteiger charge is -2.31. The van der Waals surface area contributed by atoms with Gasteiger partial charge < -0.3 is 14.4 Å². The number of rotatable bonds is 18. The van der Waals surface area contributed by atoms with Crippen LogP contribution in [-0.4, -0.2) is 55.6 Å². The maximum atomic E-state index is 13.5. The zero-order valence-corrected chi connectivity index (χ0v) is 24.5. The molecule has 216 valence electrons. The lowest BCUT2D eigenvalue weighted by molar-refractivity contribution is -0.000883. The number of unbranched alkanes of at least 4 members (excludes halogenated alkanes) is 4. The molecule has 0 saturated carbocycles. The maximum absolute atomic E-state index is 13.5. The molecule has 0 aliphatic rings. The number of nitrogens with zero attached hydrogens (tertiary/aromatic N) is 3. The molecule has 0 heterocycles. The maximum Gasteiger partial charge on any atom is 0.256 e. The summed E-state index contributed by atoms with van der Waals surface area (Å²) in [6, 6.07) is 15.4. The first-order valence-electron chi connectivity index (χ1n) is 13.9. The molecule has 0 spiro atoms. The number of hydrogen-bond donors (Lipinski definition) is 0. The Balaban J connectivity index is 0.00000840. The molecule has 0 aromatic heterocycles. The predicted octanol–water partition coefficient (Wildman–Crippen LogP) is 7.89. The largest absolute Gasteiger partial charge is 0.364 e. The number of methoxy groups -OCH3 is 1. The summed E-state index contributed by atoms with van der Waals surface area (Å²) in [6.45, 7) is 16.1. The number of ether oxygens (including phenoxy) is 2. The van der Waals surface area contributed by atoms with E-state index < -0.39 is 0 Å². The van der Waals surface area contributed by atoms with Crippen LogP contribution < -0.4 is 0 Å². The number of amides is 1. The molecule has 0 unspecified atom stereocenters. The van der Waals surface area contributed by atoms with Crippen LogP contribution in [0.4, 0.5) is 0 Å². The minimum absolute atomic E-state index is 0. The molecule has 0 radical (unpaired) electrons. The summed E-state index contributed by atoms with van der Waals surface area (Å²) in [6.07, 6.45) is 11.7. The van der Waals surface area contributed by atoms with Crippen LogP contribution in [0.25, 0.3) is 6.08 Å². The van der Waals surface area contributed by atoms with Crippen molar-refractivity contribution in [1.82, 2.24) is 4.90 Å². The van der Waals surface area contributed by atoms with Gasteiger partial charge >= 0.3 is 0 Å². The minimum atomic E-state index is -0.144. The van der Waals surface area contributed by atoms with E-state index >= 15 is 0 Å². The van der Waals surface area contributed by atoms with Crippen molar-refractivity contribution in [3.05, 3.63) is 103 Å². The van der Waals surface area contributed by atoms with Gasteiger partial charge in [-0.1, -0.05) is 86.5 Å². The smallest absolute Gasteiger partial charge is 0.256 e. The highest BCUT2D eigenvalue weighted by molar-refractivity contribution is 6.14. The third-order valence-electron chi connectivity index (χ3n) is 6.56. The van der Waals surface area contributed by atoms with Crippen LogP contribution in [0.15, 0.2) is 90.4 Å². The van der Waals surface area contributed by atoms with Gasteiger partial charge in [0.15, 0.2) is 0 Å². The second kappa shape index (κ2) is 18.6. The van der Waals surface area contributed by atoms with Gasteiger partial charge in [-0.2, -0.15) is 0 Å². The topological polar surface area (TPSA) is 63.5 Å². The fraction of sp³-hybridized carbons (Fsp3) is 0.382. The zero-order chi connectivity index (χ0) is 29.2. The number of carbonyl (C=O) groups is 1. The molecular formula is C34H47N3O3. The average molecular weight is 546 g/mol. The Labute approximate surface area is 242 Å². The van der Waals surface area contributed by atoms with Gasteiger partial charge in [0.25, 0.3) is 5.91 Å². The first-order chi connectivity index (χ1) is 19.4. The van der Waals surface area contributed by atoms with E-state index in [1.165, 1.54) is 0 Å². The summed E-state index contributed by atoms with van der Waals surface area (Å²) in [5.41, 5.74) is 4.34. The SMILES string of the molecule is C=CCCCCCC[C@H](COC/N=C(/C)N=C(C=C)c1ccccc1C=C)N(COC)C(=O)c1cccc(C)c1.[HH]. The Morgan fingerprint density at radius 1 is 1.07 bits per heavy atom. The van der Waals surface area contributed by atoms with Gasteiger partial charge in [0, 0.05) is 19.7 Å². The molecule has 6 nitrogen and oxygen atoms in total. The molecule has 2 rings (SSSR count). The van der Waals surface area contributed by atoms with E-state index in [4.69, 9.17) is 9.47 Å². The van der Waals surface area contributed by atoms with Crippen LogP contribution in [0.5, 0.6) is 0 Å². The quantitative estimate of drug-likeness (QED) is 0.0629. The van der Waals surface area contributed by atoms with Crippen LogP contribution in [0.1, 0.15) is 73.9 Å². The Kier molecular flexibility index (Phi) is 15.2. The van der Waals surface area contributed by atoms with Crippen LogP contribution in [0.2, 0.25) is 0 Å². The Bertz CT molecular complexity index is 1180. The molecule has 0 aliphatic carbocycles. The summed E-state index contributed by atoms with van der Waals surface area (Å²) in [4.78, 5) is 24.4. The van der Waals surface area contributed by atoms with E-state index in [-0.39, 0.29) is 26.8 Å². The number of amidine groups is 1. The Morgan fingerprint density at radius 2 is 1.85 bits per heavy atom. The molecule has 1 amide bonds. The van der Waals surface area contributed by atoms with Crippen LogP contribution in [0, 0.1) is 6.92 Å². The van der Waals surface area contributed by atoms with Crippen LogP contribution >= 0.6 is 0 Å². The van der Waals surface area contributed by atoms with Gasteiger partial charge in [0.2, 0.25) is 0 Å². The molecule has 0 bridgehead atoms. The van der Waals surface area contributed by atoms with E-state index in [0.29, 0.717) is 18.0 Å². The third-order valence-corrected chi connectivity index (χ3v) is 6.56. The van der Waals surface area contributed by atoms with E-state index in [1.807, 2.05) is 68.5 Å². The number of benzene rings is 2. The van der Waals surface area contributed by atoms with Crippen molar-refractivity contribution < 1.29 is 15.7 Å².